The van der Waals surface area contributed by atoms with Gasteiger partial charge in [0, 0.05) is 56.8 Å². The van der Waals surface area contributed by atoms with Crippen LogP contribution in [0.2, 0.25) is 0 Å². The minimum absolute atomic E-state index is 0.0471. The number of fused-ring (bicyclic) bond motifs is 9. The number of nitrogens with zero attached hydrogens (tertiary/aromatic N) is 2. The molecule has 6 heteroatoms. The number of hydrogen-bond acceptors (Lipinski definition) is 5. The lowest BCUT2D eigenvalue weighted by atomic mass is 9.97. The van der Waals surface area contributed by atoms with Gasteiger partial charge in [0.25, 0.3) is 0 Å². The molecule has 2 aliphatic rings. The molecule has 0 spiro atoms. The fraction of sp³-hybridized carbons (Fsp3) is 0.0784. The molecule has 12 rings (SSSR count). The van der Waals surface area contributed by atoms with E-state index < -0.39 is 0 Å². The summed E-state index contributed by atoms with van der Waals surface area (Å²) in [6.45, 7) is 0. The Balaban J connectivity index is 0.963. The zero-order valence-electron chi connectivity index (χ0n) is 30.9. The summed E-state index contributed by atoms with van der Waals surface area (Å²) in [7, 11) is 0. The summed E-state index contributed by atoms with van der Waals surface area (Å²) in [5.74, 6) is 0.928. The molecule has 1 aliphatic carbocycles. The number of benzene rings is 7. The highest BCUT2D eigenvalue weighted by Crippen LogP contribution is 2.40. The third kappa shape index (κ3) is 5.32. The molecule has 0 bridgehead atoms. The van der Waals surface area contributed by atoms with Gasteiger partial charge in [-0.2, -0.15) is 0 Å². The van der Waals surface area contributed by atoms with Gasteiger partial charge in [0.15, 0.2) is 0 Å². The summed E-state index contributed by atoms with van der Waals surface area (Å²) < 4.78 is 7.76. The van der Waals surface area contributed by atoms with Crippen molar-refractivity contribution in [1.82, 2.24) is 15.2 Å². The summed E-state index contributed by atoms with van der Waals surface area (Å²) in [4.78, 5) is 5.18. The SMILES string of the molecule is C1=c2c(sc3c(-c4ccc5c(c4)sc4ccc(-n6c7ccccc7c7ccccc76)cc45)cccc23)=C(C2NC(c3ccccc3)=NC(c3ccccc3)N2)CC1. The Labute approximate surface area is 337 Å². The van der Waals surface area contributed by atoms with E-state index in [1.54, 1.807) is 0 Å². The molecule has 0 fully saturated rings. The average Bonchev–Trinajstić information content (AvgIpc) is 3.96. The van der Waals surface area contributed by atoms with E-state index in [0.29, 0.717) is 0 Å². The van der Waals surface area contributed by atoms with Crippen molar-refractivity contribution in [1.29, 1.82) is 0 Å². The van der Waals surface area contributed by atoms with Crippen LogP contribution in [0.4, 0.5) is 0 Å². The maximum Gasteiger partial charge on any atom is 0.131 e. The van der Waals surface area contributed by atoms with Crippen LogP contribution in [0.15, 0.2) is 169 Å². The van der Waals surface area contributed by atoms with Gasteiger partial charge in [-0.3, -0.25) is 5.32 Å². The summed E-state index contributed by atoms with van der Waals surface area (Å²) in [5.41, 5.74) is 9.90. The first kappa shape index (κ1) is 32.9. The Morgan fingerprint density at radius 3 is 2.12 bits per heavy atom. The van der Waals surface area contributed by atoms with Crippen molar-refractivity contribution in [2.75, 3.05) is 0 Å². The topological polar surface area (TPSA) is 41.4 Å². The number of para-hydroxylation sites is 2. The van der Waals surface area contributed by atoms with Crippen molar-refractivity contribution in [3.05, 3.63) is 185 Å². The molecular formula is C51H36N4S2. The lowest BCUT2D eigenvalue weighted by Crippen LogP contribution is -2.53. The van der Waals surface area contributed by atoms with E-state index in [0.717, 1.165) is 24.2 Å². The minimum Gasteiger partial charge on any atom is -0.351 e. The van der Waals surface area contributed by atoms with Gasteiger partial charge in [-0.1, -0.05) is 133 Å². The zero-order valence-corrected chi connectivity index (χ0v) is 32.6. The normalized spacial score (nSPS) is 16.9. The highest BCUT2D eigenvalue weighted by Gasteiger charge is 2.28. The molecule has 1 aliphatic heterocycles. The van der Waals surface area contributed by atoms with Crippen molar-refractivity contribution in [3.8, 4) is 16.8 Å². The molecule has 57 heavy (non-hydrogen) atoms. The van der Waals surface area contributed by atoms with Crippen LogP contribution in [0.25, 0.3) is 80.5 Å². The second kappa shape index (κ2) is 13.1. The first-order valence-corrected chi connectivity index (χ1v) is 21.3. The Morgan fingerprint density at radius 2 is 1.32 bits per heavy atom. The summed E-state index contributed by atoms with van der Waals surface area (Å²) in [5, 5.41) is 15.6. The zero-order chi connectivity index (χ0) is 37.5. The number of rotatable bonds is 5. The molecule has 0 saturated heterocycles. The first-order chi connectivity index (χ1) is 28.2. The number of nitrogens with one attached hydrogen (secondary N) is 2. The molecule has 0 amide bonds. The van der Waals surface area contributed by atoms with Crippen LogP contribution in [-0.2, 0) is 0 Å². The average molecular weight is 769 g/mol. The van der Waals surface area contributed by atoms with Crippen molar-refractivity contribution in [2.24, 2.45) is 4.99 Å². The van der Waals surface area contributed by atoms with Crippen LogP contribution >= 0.6 is 22.7 Å². The second-order valence-corrected chi connectivity index (χ2v) is 17.2. The van der Waals surface area contributed by atoms with E-state index in [-0.39, 0.29) is 12.3 Å². The maximum atomic E-state index is 5.18. The maximum absolute atomic E-state index is 5.18. The largest absolute Gasteiger partial charge is 0.351 e. The number of hydrogen-bond donors (Lipinski definition) is 2. The highest BCUT2D eigenvalue weighted by atomic mass is 32.1. The van der Waals surface area contributed by atoms with Gasteiger partial charge in [0.05, 0.1) is 11.0 Å². The fourth-order valence-corrected chi connectivity index (χ4v) is 11.7. The van der Waals surface area contributed by atoms with Gasteiger partial charge < -0.3 is 9.88 Å². The molecule has 2 unspecified atom stereocenters. The molecule has 0 radical (unpaired) electrons. The van der Waals surface area contributed by atoms with E-state index in [4.69, 9.17) is 4.99 Å². The third-order valence-electron chi connectivity index (χ3n) is 11.8. The molecule has 2 N–H and O–H groups in total. The molecular weight excluding hydrogens is 733 g/mol. The molecule has 272 valence electrons. The minimum atomic E-state index is -0.148. The molecule has 10 aromatic rings. The van der Waals surface area contributed by atoms with Crippen molar-refractivity contribution in [3.63, 3.8) is 0 Å². The first-order valence-electron chi connectivity index (χ1n) is 19.7. The Kier molecular flexibility index (Phi) is 7.58. The van der Waals surface area contributed by atoms with Crippen LogP contribution < -0.4 is 20.4 Å². The van der Waals surface area contributed by atoms with Gasteiger partial charge in [0.1, 0.15) is 18.2 Å². The highest BCUT2D eigenvalue weighted by molar-refractivity contribution is 7.25. The number of aliphatic imine (C=N–C) groups is 1. The summed E-state index contributed by atoms with van der Waals surface area (Å²) in [6, 6.07) is 59.5. The lowest BCUT2D eigenvalue weighted by molar-refractivity contribution is 0.453. The van der Waals surface area contributed by atoms with Gasteiger partial charge >= 0.3 is 0 Å². The molecule has 4 heterocycles. The number of aromatic nitrogens is 1. The van der Waals surface area contributed by atoms with Crippen LogP contribution in [0, 0.1) is 0 Å². The standard InChI is InChI=1S/C51H36N4S2/c1-3-13-31(14-4-1)49-52-50(32-15-5-2-6-16-32)54-51(53-49)41-22-12-21-40-39-20-11-19-35(47(39)57-48(40)41)33-25-27-38-42-30-34(26-28-45(42)56-46(38)29-33)55-43-23-9-7-17-36(43)37-18-8-10-24-44(37)55/h1-11,13-21,23-30,49,51,53H,12,22H2,(H,52,54). The fourth-order valence-electron chi connectivity index (χ4n) is 9.13. The Morgan fingerprint density at radius 1 is 0.579 bits per heavy atom. The van der Waals surface area contributed by atoms with Crippen molar-refractivity contribution >= 4 is 92.2 Å². The predicted octanol–water partition coefficient (Wildman–Crippen LogP) is 11.4. The predicted molar refractivity (Wildman–Crippen MR) is 243 cm³/mol. The van der Waals surface area contributed by atoms with Crippen LogP contribution in [0.5, 0.6) is 0 Å². The van der Waals surface area contributed by atoms with E-state index in [2.05, 4.69) is 185 Å². The summed E-state index contributed by atoms with van der Waals surface area (Å²) >= 11 is 3.83. The van der Waals surface area contributed by atoms with Gasteiger partial charge in [-0.25, -0.2) is 4.99 Å². The van der Waals surface area contributed by atoms with E-state index in [9.17, 15) is 0 Å². The lowest BCUT2D eigenvalue weighted by Gasteiger charge is -2.33. The summed E-state index contributed by atoms with van der Waals surface area (Å²) in [6.07, 6.45) is 4.26. The molecule has 3 aromatic heterocycles. The monoisotopic (exact) mass is 768 g/mol. The van der Waals surface area contributed by atoms with Crippen LogP contribution in [0.1, 0.15) is 30.1 Å². The molecule has 2 atom stereocenters. The van der Waals surface area contributed by atoms with E-state index in [1.165, 1.54) is 89.8 Å². The van der Waals surface area contributed by atoms with Crippen LogP contribution in [0.3, 0.4) is 0 Å². The van der Waals surface area contributed by atoms with E-state index >= 15 is 0 Å². The Hall–Kier alpha value is -6.31. The van der Waals surface area contributed by atoms with E-state index in [1.807, 2.05) is 22.7 Å². The van der Waals surface area contributed by atoms with Gasteiger partial charge in [0.2, 0.25) is 0 Å². The van der Waals surface area contributed by atoms with Crippen LogP contribution in [-0.4, -0.2) is 16.6 Å². The Bertz CT molecular complexity index is 3320. The number of thiophene rings is 2. The molecule has 4 nitrogen and oxygen atoms in total. The van der Waals surface area contributed by atoms with Crippen molar-refractivity contribution < 1.29 is 0 Å². The third-order valence-corrected chi connectivity index (χ3v) is 14.3. The smallest absolute Gasteiger partial charge is 0.131 e. The molecule has 7 aromatic carbocycles. The van der Waals surface area contributed by atoms with Gasteiger partial charge in [-0.05, 0) is 76.7 Å². The quantitative estimate of drug-likeness (QED) is 0.183. The van der Waals surface area contributed by atoms with Crippen molar-refractivity contribution in [2.45, 2.75) is 25.2 Å². The number of amidine groups is 1. The molecule has 0 saturated carbocycles. The second-order valence-electron chi connectivity index (χ2n) is 15.1. The van der Waals surface area contributed by atoms with Gasteiger partial charge in [-0.15, -0.1) is 22.7 Å².